The van der Waals surface area contributed by atoms with Crippen molar-refractivity contribution in [2.45, 2.75) is 12.8 Å². The van der Waals surface area contributed by atoms with E-state index < -0.39 is 5.92 Å². The maximum Gasteiger partial charge on any atom is 0.254 e. The van der Waals surface area contributed by atoms with Gasteiger partial charge in [-0.3, -0.25) is 24.6 Å². The van der Waals surface area contributed by atoms with Crippen LogP contribution < -0.4 is 10.4 Å². The average Bonchev–Trinajstić information content (AvgIpc) is 2.90. The number of rotatable bonds is 3. The third-order valence-electron chi connectivity index (χ3n) is 6.81. The first-order valence-electron chi connectivity index (χ1n) is 11.7. The summed E-state index contributed by atoms with van der Waals surface area (Å²) in [6.45, 7) is 1.61. The summed E-state index contributed by atoms with van der Waals surface area (Å²) >= 11 is 6.01. The first-order chi connectivity index (χ1) is 16.9. The van der Waals surface area contributed by atoms with E-state index in [-0.39, 0.29) is 29.5 Å². The Morgan fingerprint density at radius 3 is 2.00 bits per heavy atom. The van der Waals surface area contributed by atoms with Crippen molar-refractivity contribution in [2.24, 2.45) is 11.8 Å². The van der Waals surface area contributed by atoms with Gasteiger partial charge in [0.1, 0.15) is 0 Å². The van der Waals surface area contributed by atoms with Gasteiger partial charge in [-0.15, -0.1) is 0 Å². The highest BCUT2D eigenvalue weighted by atomic mass is 35.5. The number of hydrogen-bond acceptors (Lipinski definition) is 4. The lowest BCUT2D eigenvalue weighted by molar-refractivity contribution is -0.139. The van der Waals surface area contributed by atoms with Gasteiger partial charge in [0.25, 0.3) is 11.8 Å². The molecule has 0 radical (unpaired) electrons. The number of hydrazine groups is 1. The van der Waals surface area contributed by atoms with Crippen LogP contribution in [0.25, 0.3) is 0 Å². The van der Waals surface area contributed by atoms with Crippen LogP contribution in [0, 0.1) is 11.8 Å². The van der Waals surface area contributed by atoms with E-state index in [1.807, 2.05) is 12.2 Å². The van der Waals surface area contributed by atoms with Crippen LogP contribution in [0.15, 0.2) is 60.7 Å². The van der Waals surface area contributed by atoms with Crippen LogP contribution in [-0.4, -0.2) is 59.6 Å². The standard InChI is InChI=1S/C26H25ClN4O4/c27-19-7-3-5-17(15-19)24(33)29-11-13-30(14-12-29)25(34)18-6-4-8-20(16-18)31-26(35)22-10-2-1-9-21(22)23(32)28-31/h1-8,15-16,21-22H,9-14H2,(H,28,32). The predicted octanol–water partition coefficient (Wildman–Crippen LogP) is 2.90. The molecule has 4 amide bonds. The molecule has 2 aromatic rings. The molecule has 1 aliphatic carbocycles. The Bertz CT molecular complexity index is 1220. The van der Waals surface area contributed by atoms with Crippen molar-refractivity contribution < 1.29 is 19.2 Å². The summed E-state index contributed by atoms with van der Waals surface area (Å²) in [6, 6.07) is 13.5. The number of nitrogens with zero attached hydrogens (tertiary/aromatic N) is 3. The molecule has 9 heteroatoms. The van der Waals surface area contributed by atoms with Crippen LogP contribution in [-0.2, 0) is 9.59 Å². The first kappa shape index (κ1) is 23.1. The van der Waals surface area contributed by atoms with Gasteiger partial charge in [-0.25, -0.2) is 5.01 Å². The SMILES string of the molecule is O=C1NN(c2cccc(C(=O)N3CCN(C(=O)c4cccc(Cl)c4)CC3)c2)C(=O)C2CC=CCC12. The van der Waals surface area contributed by atoms with E-state index in [0.29, 0.717) is 60.9 Å². The number of carbonyl (C=O) groups excluding carboxylic acids is 4. The van der Waals surface area contributed by atoms with Crippen LogP contribution in [0.4, 0.5) is 5.69 Å². The highest BCUT2D eigenvalue weighted by Gasteiger charge is 2.42. The van der Waals surface area contributed by atoms with Gasteiger partial charge in [-0.1, -0.05) is 35.9 Å². The molecule has 0 aromatic heterocycles. The summed E-state index contributed by atoms with van der Waals surface area (Å²) in [5.74, 6) is -1.39. The molecule has 1 N–H and O–H groups in total. The molecule has 0 bridgehead atoms. The number of carbonyl (C=O) groups is 4. The van der Waals surface area contributed by atoms with Gasteiger partial charge in [-0.2, -0.15) is 0 Å². The third-order valence-corrected chi connectivity index (χ3v) is 7.04. The highest BCUT2D eigenvalue weighted by molar-refractivity contribution is 6.31. The molecule has 2 saturated heterocycles. The van der Waals surface area contributed by atoms with E-state index in [1.165, 1.54) is 5.01 Å². The Hall–Kier alpha value is -3.65. The fraction of sp³-hybridized carbons (Fsp3) is 0.308. The lowest BCUT2D eigenvalue weighted by Gasteiger charge is -2.38. The van der Waals surface area contributed by atoms with Crippen molar-refractivity contribution in [1.82, 2.24) is 15.2 Å². The Morgan fingerprint density at radius 2 is 1.37 bits per heavy atom. The largest absolute Gasteiger partial charge is 0.335 e. The van der Waals surface area contributed by atoms with Crippen molar-refractivity contribution in [1.29, 1.82) is 0 Å². The van der Waals surface area contributed by atoms with Crippen molar-refractivity contribution in [2.75, 3.05) is 31.2 Å². The second-order valence-corrected chi connectivity index (χ2v) is 9.39. The van der Waals surface area contributed by atoms with Crippen molar-refractivity contribution in [3.8, 4) is 0 Å². The topological polar surface area (TPSA) is 90.0 Å². The number of halogens is 1. The van der Waals surface area contributed by atoms with Crippen LogP contribution in [0.3, 0.4) is 0 Å². The van der Waals surface area contributed by atoms with E-state index in [0.717, 1.165) is 0 Å². The molecule has 2 fully saturated rings. The van der Waals surface area contributed by atoms with Gasteiger partial charge in [0.05, 0.1) is 17.5 Å². The molecule has 8 nitrogen and oxygen atoms in total. The number of allylic oxidation sites excluding steroid dienone is 2. The fourth-order valence-electron chi connectivity index (χ4n) is 4.86. The lowest BCUT2D eigenvalue weighted by Crippen LogP contribution is -2.59. The predicted molar refractivity (Wildman–Crippen MR) is 131 cm³/mol. The van der Waals surface area contributed by atoms with E-state index >= 15 is 0 Å². The number of piperazine rings is 1. The van der Waals surface area contributed by atoms with Gasteiger partial charge in [0, 0.05) is 42.3 Å². The molecular formula is C26H25ClN4O4. The Balaban J connectivity index is 1.26. The molecule has 2 aromatic carbocycles. The quantitative estimate of drug-likeness (QED) is 0.667. The molecule has 0 saturated carbocycles. The van der Waals surface area contributed by atoms with Gasteiger partial charge in [0.15, 0.2) is 0 Å². The van der Waals surface area contributed by atoms with Crippen LogP contribution in [0.1, 0.15) is 33.6 Å². The van der Waals surface area contributed by atoms with Crippen LogP contribution in [0.5, 0.6) is 0 Å². The molecule has 180 valence electrons. The van der Waals surface area contributed by atoms with Crippen LogP contribution >= 0.6 is 11.6 Å². The normalized spacial score (nSPS) is 22.0. The molecule has 5 rings (SSSR count). The maximum absolute atomic E-state index is 13.2. The zero-order valence-electron chi connectivity index (χ0n) is 19.0. The smallest absolute Gasteiger partial charge is 0.254 e. The molecule has 2 aliphatic heterocycles. The summed E-state index contributed by atoms with van der Waals surface area (Å²) in [4.78, 5) is 55.0. The van der Waals surface area contributed by atoms with Crippen molar-refractivity contribution >= 4 is 40.9 Å². The third kappa shape index (κ3) is 4.53. The summed E-state index contributed by atoms with van der Waals surface area (Å²) in [5.41, 5.74) is 4.10. The van der Waals surface area contributed by atoms with E-state index in [9.17, 15) is 19.2 Å². The maximum atomic E-state index is 13.2. The molecule has 2 heterocycles. The molecular weight excluding hydrogens is 468 g/mol. The second-order valence-electron chi connectivity index (χ2n) is 8.95. The molecule has 0 spiro atoms. The summed E-state index contributed by atoms with van der Waals surface area (Å²) in [5, 5.41) is 1.77. The minimum absolute atomic E-state index is 0.114. The molecule has 35 heavy (non-hydrogen) atoms. The summed E-state index contributed by atoms with van der Waals surface area (Å²) < 4.78 is 0. The monoisotopic (exact) mass is 492 g/mol. The Kier molecular flexibility index (Phi) is 6.30. The number of fused-ring (bicyclic) bond motifs is 1. The number of anilines is 1. The van der Waals surface area contributed by atoms with Gasteiger partial charge in [-0.05, 0) is 49.2 Å². The van der Waals surface area contributed by atoms with E-state index in [2.05, 4.69) is 5.43 Å². The van der Waals surface area contributed by atoms with Crippen molar-refractivity contribution in [3.63, 3.8) is 0 Å². The van der Waals surface area contributed by atoms with Gasteiger partial charge in [0.2, 0.25) is 11.8 Å². The molecule has 2 atom stereocenters. The Morgan fingerprint density at radius 1 is 0.800 bits per heavy atom. The van der Waals surface area contributed by atoms with E-state index in [1.54, 1.807) is 58.3 Å². The average molecular weight is 493 g/mol. The number of amides is 4. The zero-order valence-corrected chi connectivity index (χ0v) is 19.8. The Labute approximate surface area is 208 Å². The molecule has 2 unspecified atom stereocenters. The highest BCUT2D eigenvalue weighted by Crippen LogP contribution is 2.32. The summed E-state index contributed by atoms with van der Waals surface area (Å²) in [7, 11) is 0. The van der Waals surface area contributed by atoms with Crippen molar-refractivity contribution in [3.05, 3.63) is 76.8 Å². The number of benzene rings is 2. The first-order valence-corrected chi connectivity index (χ1v) is 12.0. The number of hydrogen-bond donors (Lipinski definition) is 1. The van der Waals surface area contributed by atoms with Gasteiger partial charge >= 0.3 is 0 Å². The second kappa shape index (κ2) is 9.54. The lowest BCUT2D eigenvalue weighted by atomic mass is 9.80. The summed E-state index contributed by atoms with van der Waals surface area (Å²) in [6.07, 6.45) is 4.96. The number of nitrogens with one attached hydrogen (secondary N) is 1. The minimum atomic E-state index is -0.391. The fourth-order valence-corrected chi connectivity index (χ4v) is 5.05. The van der Waals surface area contributed by atoms with E-state index in [4.69, 9.17) is 11.6 Å². The molecule has 3 aliphatic rings. The minimum Gasteiger partial charge on any atom is -0.335 e. The van der Waals surface area contributed by atoms with Gasteiger partial charge < -0.3 is 9.80 Å². The zero-order chi connectivity index (χ0) is 24.5. The van der Waals surface area contributed by atoms with Crippen LogP contribution in [0.2, 0.25) is 5.02 Å².